The summed E-state index contributed by atoms with van der Waals surface area (Å²) < 4.78 is 0. The SMILES string of the molecule is CC(N)CNc1cnc(C(N)=O)c(-c2cc3cc(CCN4CCCC4=O)ccc3[nH]2)n1. The van der Waals surface area contributed by atoms with E-state index in [1.807, 2.05) is 30.0 Å². The molecule has 31 heavy (non-hydrogen) atoms. The van der Waals surface area contributed by atoms with Crippen LogP contribution in [0.25, 0.3) is 22.3 Å². The number of aromatic nitrogens is 3. The normalized spacial score (nSPS) is 14.9. The zero-order valence-corrected chi connectivity index (χ0v) is 17.5. The van der Waals surface area contributed by atoms with Gasteiger partial charge in [-0.15, -0.1) is 0 Å². The third kappa shape index (κ3) is 4.66. The molecule has 1 saturated heterocycles. The van der Waals surface area contributed by atoms with Gasteiger partial charge in [0.25, 0.3) is 5.91 Å². The van der Waals surface area contributed by atoms with Gasteiger partial charge in [-0.25, -0.2) is 9.97 Å². The van der Waals surface area contributed by atoms with Crippen LogP contribution >= 0.6 is 0 Å². The van der Waals surface area contributed by atoms with Gasteiger partial charge < -0.3 is 26.7 Å². The standard InChI is InChI=1S/C22H27N7O2/c1-13(23)11-25-18-12-26-21(22(24)31)20(28-18)17-10-15-9-14(4-5-16(15)27-17)6-8-29-7-2-3-19(29)30/h4-5,9-10,12-13,27H,2-3,6-8,11,23H2,1H3,(H2,24,31)(H,25,28). The van der Waals surface area contributed by atoms with E-state index in [2.05, 4.69) is 26.3 Å². The molecule has 3 heterocycles. The molecule has 6 N–H and O–H groups in total. The highest BCUT2D eigenvalue weighted by atomic mass is 16.2. The van der Waals surface area contributed by atoms with Crippen LogP contribution in [0.3, 0.4) is 0 Å². The fourth-order valence-corrected chi connectivity index (χ4v) is 3.78. The number of amides is 2. The Hall–Kier alpha value is -3.46. The third-order valence-corrected chi connectivity index (χ3v) is 5.39. The van der Waals surface area contributed by atoms with E-state index in [9.17, 15) is 9.59 Å². The van der Waals surface area contributed by atoms with Crippen LogP contribution in [-0.4, -0.2) is 57.3 Å². The van der Waals surface area contributed by atoms with Crippen LogP contribution in [0.4, 0.5) is 5.82 Å². The zero-order chi connectivity index (χ0) is 22.0. The minimum Gasteiger partial charge on any atom is -0.367 e. The Morgan fingerprint density at radius 3 is 2.90 bits per heavy atom. The fraction of sp³-hybridized carbons (Fsp3) is 0.364. The Kier molecular flexibility index (Phi) is 5.85. The number of rotatable bonds is 8. The number of hydrogen-bond acceptors (Lipinski definition) is 6. The van der Waals surface area contributed by atoms with Crippen molar-refractivity contribution in [1.82, 2.24) is 19.9 Å². The molecule has 0 bridgehead atoms. The van der Waals surface area contributed by atoms with Gasteiger partial charge in [0, 0.05) is 43.0 Å². The Labute approximate surface area is 180 Å². The van der Waals surface area contributed by atoms with Crippen molar-refractivity contribution in [2.24, 2.45) is 11.5 Å². The van der Waals surface area contributed by atoms with Crippen molar-refractivity contribution in [3.8, 4) is 11.4 Å². The zero-order valence-electron chi connectivity index (χ0n) is 17.5. The second kappa shape index (κ2) is 8.73. The van der Waals surface area contributed by atoms with E-state index in [-0.39, 0.29) is 17.6 Å². The first kappa shape index (κ1) is 20.8. The van der Waals surface area contributed by atoms with Crippen LogP contribution < -0.4 is 16.8 Å². The number of carbonyl (C=O) groups excluding carboxylic acids is 2. The second-order valence-electron chi connectivity index (χ2n) is 8.01. The lowest BCUT2D eigenvalue weighted by atomic mass is 10.1. The van der Waals surface area contributed by atoms with Crippen LogP contribution in [-0.2, 0) is 11.2 Å². The largest absolute Gasteiger partial charge is 0.367 e. The molecule has 1 aliphatic rings. The Morgan fingerprint density at radius 2 is 2.19 bits per heavy atom. The summed E-state index contributed by atoms with van der Waals surface area (Å²) in [4.78, 5) is 37.7. The number of benzene rings is 1. The van der Waals surface area contributed by atoms with E-state index in [1.165, 1.54) is 6.20 Å². The van der Waals surface area contributed by atoms with Gasteiger partial charge in [0.2, 0.25) is 5.91 Å². The molecule has 1 aromatic carbocycles. The molecule has 162 valence electrons. The van der Waals surface area contributed by atoms with Crippen LogP contribution in [0.5, 0.6) is 0 Å². The number of primary amides is 1. The lowest BCUT2D eigenvalue weighted by molar-refractivity contribution is -0.127. The average molecular weight is 422 g/mol. The Morgan fingerprint density at radius 1 is 1.35 bits per heavy atom. The van der Waals surface area contributed by atoms with E-state index in [0.717, 1.165) is 42.4 Å². The topological polar surface area (TPSA) is 143 Å². The lowest BCUT2D eigenvalue weighted by Gasteiger charge is -2.15. The number of H-pyrrole nitrogens is 1. The van der Waals surface area contributed by atoms with Gasteiger partial charge >= 0.3 is 0 Å². The maximum atomic E-state index is 11.9. The highest BCUT2D eigenvalue weighted by Crippen LogP contribution is 2.27. The number of nitrogens with two attached hydrogens (primary N) is 2. The summed E-state index contributed by atoms with van der Waals surface area (Å²) in [5, 5.41) is 4.11. The summed E-state index contributed by atoms with van der Waals surface area (Å²) in [6.07, 6.45) is 3.87. The molecule has 2 aromatic heterocycles. The number of anilines is 1. The molecule has 0 aliphatic carbocycles. The Bertz CT molecular complexity index is 1120. The highest BCUT2D eigenvalue weighted by Gasteiger charge is 2.20. The number of nitrogens with one attached hydrogen (secondary N) is 2. The first-order valence-electron chi connectivity index (χ1n) is 10.5. The molecule has 1 aliphatic heterocycles. The van der Waals surface area contributed by atoms with E-state index in [1.54, 1.807) is 0 Å². The maximum absolute atomic E-state index is 11.9. The third-order valence-electron chi connectivity index (χ3n) is 5.39. The highest BCUT2D eigenvalue weighted by molar-refractivity contribution is 5.98. The first-order chi connectivity index (χ1) is 14.9. The van der Waals surface area contributed by atoms with E-state index >= 15 is 0 Å². The van der Waals surface area contributed by atoms with Crippen LogP contribution in [0, 0.1) is 0 Å². The number of aromatic amines is 1. The van der Waals surface area contributed by atoms with E-state index < -0.39 is 5.91 Å². The summed E-state index contributed by atoms with van der Waals surface area (Å²) in [5.41, 5.74) is 14.5. The quantitative estimate of drug-likeness (QED) is 0.435. The van der Waals surface area contributed by atoms with Crippen LogP contribution in [0.2, 0.25) is 0 Å². The second-order valence-corrected chi connectivity index (χ2v) is 8.01. The van der Waals surface area contributed by atoms with Crippen molar-refractivity contribution in [3.05, 3.63) is 41.7 Å². The van der Waals surface area contributed by atoms with E-state index in [4.69, 9.17) is 11.5 Å². The molecule has 2 amide bonds. The predicted molar refractivity (Wildman–Crippen MR) is 119 cm³/mol. The van der Waals surface area contributed by atoms with Crippen molar-refractivity contribution in [2.75, 3.05) is 25.0 Å². The minimum absolute atomic E-state index is 0.0524. The molecule has 0 radical (unpaired) electrons. The van der Waals surface area contributed by atoms with Gasteiger partial charge in [0.1, 0.15) is 11.5 Å². The summed E-state index contributed by atoms with van der Waals surface area (Å²) in [6.45, 7) is 3.98. The van der Waals surface area contributed by atoms with Crippen molar-refractivity contribution in [3.63, 3.8) is 0 Å². The number of fused-ring (bicyclic) bond motifs is 1. The van der Waals surface area contributed by atoms with Crippen molar-refractivity contribution in [1.29, 1.82) is 0 Å². The summed E-state index contributed by atoms with van der Waals surface area (Å²) in [7, 11) is 0. The number of carbonyl (C=O) groups is 2. The van der Waals surface area contributed by atoms with Gasteiger partial charge in [-0.3, -0.25) is 9.59 Å². The molecular weight excluding hydrogens is 394 g/mol. The average Bonchev–Trinajstić information content (AvgIpc) is 3.35. The summed E-state index contributed by atoms with van der Waals surface area (Å²) >= 11 is 0. The smallest absolute Gasteiger partial charge is 0.269 e. The van der Waals surface area contributed by atoms with Crippen LogP contribution in [0.15, 0.2) is 30.5 Å². The van der Waals surface area contributed by atoms with Gasteiger partial charge in [-0.2, -0.15) is 0 Å². The predicted octanol–water partition coefficient (Wildman–Crippen LogP) is 1.65. The van der Waals surface area contributed by atoms with Crippen molar-refractivity contribution < 1.29 is 9.59 Å². The van der Waals surface area contributed by atoms with Gasteiger partial charge in [-0.05, 0) is 43.5 Å². The number of hydrogen-bond donors (Lipinski definition) is 4. The molecule has 4 rings (SSSR count). The lowest BCUT2D eigenvalue weighted by Crippen LogP contribution is -2.26. The van der Waals surface area contributed by atoms with Crippen molar-refractivity contribution >= 4 is 28.5 Å². The molecule has 9 nitrogen and oxygen atoms in total. The molecule has 1 unspecified atom stereocenters. The van der Waals surface area contributed by atoms with Crippen molar-refractivity contribution in [2.45, 2.75) is 32.2 Å². The monoisotopic (exact) mass is 421 g/mol. The first-order valence-corrected chi connectivity index (χ1v) is 10.5. The molecular formula is C22H27N7O2. The summed E-state index contributed by atoms with van der Waals surface area (Å²) in [5.74, 6) is 0.114. The van der Waals surface area contributed by atoms with Gasteiger partial charge in [0.05, 0.1) is 11.9 Å². The van der Waals surface area contributed by atoms with E-state index in [0.29, 0.717) is 30.2 Å². The van der Waals surface area contributed by atoms with Gasteiger partial charge in [0.15, 0.2) is 5.69 Å². The molecule has 1 atom stereocenters. The minimum atomic E-state index is -0.643. The maximum Gasteiger partial charge on any atom is 0.269 e. The van der Waals surface area contributed by atoms with Gasteiger partial charge in [-0.1, -0.05) is 6.07 Å². The van der Waals surface area contributed by atoms with Crippen LogP contribution in [0.1, 0.15) is 35.8 Å². The molecule has 1 fully saturated rings. The number of likely N-dealkylation sites (tertiary alicyclic amines) is 1. The number of nitrogens with zero attached hydrogens (tertiary/aromatic N) is 3. The fourth-order valence-electron chi connectivity index (χ4n) is 3.78. The molecule has 9 heteroatoms. The molecule has 3 aromatic rings. The molecule has 0 spiro atoms. The summed E-state index contributed by atoms with van der Waals surface area (Å²) in [6, 6.07) is 8.01. The Balaban J connectivity index is 1.60. The molecule has 0 saturated carbocycles.